The first-order valence-electron chi connectivity index (χ1n) is 22.2. The van der Waals surface area contributed by atoms with Crippen molar-refractivity contribution in [3.05, 3.63) is 149 Å². The fourth-order valence-corrected chi connectivity index (χ4v) is 11.4. The van der Waals surface area contributed by atoms with Gasteiger partial charge in [-0.2, -0.15) is 0 Å². The Kier molecular flexibility index (Phi) is 9.78. The Balaban J connectivity index is 0.976. The molecule has 63 heavy (non-hydrogen) atoms. The predicted molar refractivity (Wildman–Crippen MR) is 244 cm³/mol. The number of ether oxygens (including phenoxy) is 2. The molecule has 0 aliphatic carbocycles. The number of benzene rings is 5. The van der Waals surface area contributed by atoms with Crippen molar-refractivity contribution in [1.29, 1.82) is 0 Å². The summed E-state index contributed by atoms with van der Waals surface area (Å²) < 4.78 is 17.8. The van der Waals surface area contributed by atoms with Crippen molar-refractivity contribution in [2.75, 3.05) is 44.7 Å². The number of carboxylic acid groups (broad SMARTS) is 1. The summed E-state index contributed by atoms with van der Waals surface area (Å²) in [5, 5.41) is 19.4. The van der Waals surface area contributed by atoms with E-state index in [4.69, 9.17) is 9.47 Å². The van der Waals surface area contributed by atoms with E-state index in [0.29, 0.717) is 23.3 Å². The Morgan fingerprint density at radius 3 is 2.37 bits per heavy atom. The van der Waals surface area contributed by atoms with Crippen molar-refractivity contribution in [2.45, 2.75) is 64.7 Å². The maximum atomic E-state index is 14.0. The van der Waals surface area contributed by atoms with Crippen LogP contribution < -0.4 is 39.9 Å². The molecule has 1 aromatic heterocycles. The monoisotopic (exact) mass is 902 g/mol. The number of anilines is 1. The van der Waals surface area contributed by atoms with E-state index in [0.717, 1.165) is 132 Å². The van der Waals surface area contributed by atoms with Crippen LogP contribution in [0.15, 0.2) is 77.3 Å². The highest BCUT2D eigenvalue weighted by molar-refractivity contribution is 9.10. The molecule has 11 heteroatoms. The van der Waals surface area contributed by atoms with Gasteiger partial charge in [-0.15, -0.1) is 0 Å². The molecule has 0 unspecified atom stereocenters. The SMILES string of the molecule is COc1ccc2c(c1)c(CCNC(=O)c1ccc(C3=c4cc5c6c(c4Oc4c3cc3c7c4CCCN7CCC3)CCC[N+]=6CCC5)c(C(=O)[O-])c1)c(C)n2C(=O)c1ccc(Br)cc1. The van der Waals surface area contributed by atoms with Gasteiger partial charge in [0.15, 0.2) is 0 Å². The van der Waals surface area contributed by atoms with Gasteiger partial charge in [0.25, 0.3) is 11.8 Å². The Bertz CT molecular complexity index is 3110. The van der Waals surface area contributed by atoms with E-state index in [1.165, 1.54) is 39.4 Å². The lowest BCUT2D eigenvalue weighted by molar-refractivity contribution is -0.255. The Labute approximate surface area is 373 Å². The van der Waals surface area contributed by atoms with Crippen molar-refractivity contribution in [3.8, 4) is 17.2 Å². The number of methoxy groups -OCH3 is 1. The van der Waals surface area contributed by atoms with Crippen LogP contribution in [0.1, 0.15) is 101 Å². The van der Waals surface area contributed by atoms with Crippen LogP contribution in [0.25, 0.3) is 16.5 Å². The van der Waals surface area contributed by atoms with Gasteiger partial charge in [0, 0.05) is 97.9 Å². The maximum Gasteiger partial charge on any atom is 0.262 e. The maximum absolute atomic E-state index is 14.0. The lowest BCUT2D eigenvalue weighted by Gasteiger charge is -2.39. The minimum atomic E-state index is -1.34. The molecule has 0 radical (unpaired) electrons. The Morgan fingerprint density at radius 1 is 0.825 bits per heavy atom. The van der Waals surface area contributed by atoms with Crippen LogP contribution in [0.2, 0.25) is 0 Å². The van der Waals surface area contributed by atoms with Crippen LogP contribution in [0, 0.1) is 6.92 Å². The van der Waals surface area contributed by atoms with E-state index >= 15 is 0 Å². The summed E-state index contributed by atoms with van der Waals surface area (Å²) in [4.78, 5) is 43.7. The normalized spacial score (nSPS) is 15.8. The lowest BCUT2D eigenvalue weighted by atomic mass is 9.81. The average molecular weight is 904 g/mol. The number of carboxylic acids is 1. The first-order chi connectivity index (χ1) is 30.7. The molecule has 0 spiro atoms. The highest BCUT2D eigenvalue weighted by atomic mass is 79.9. The molecule has 10 nitrogen and oxygen atoms in total. The number of fused-ring (bicyclic) bond motifs is 5. The first-order valence-corrected chi connectivity index (χ1v) is 23.0. The van der Waals surface area contributed by atoms with Crippen LogP contribution in [0.5, 0.6) is 17.2 Å². The van der Waals surface area contributed by atoms with E-state index in [-0.39, 0.29) is 23.6 Å². The molecule has 0 saturated heterocycles. The van der Waals surface area contributed by atoms with E-state index in [2.05, 4.69) is 42.9 Å². The van der Waals surface area contributed by atoms with E-state index in [1.54, 1.807) is 35.9 Å². The third-order valence-electron chi connectivity index (χ3n) is 14.0. The van der Waals surface area contributed by atoms with Gasteiger partial charge in [0.05, 0.1) is 24.2 Å². The summed E-state index contributed by atoms with van der Waals surface area (Å²) in [5.41, 5.74) is 11.7. The molecule has 6 heterocycles. The minimum Gasteiger partial charge on any atom is -0.545 e. The number of carbonyl (C=O) groups is 3. The molecule has 318 valence electrons. The number of amides is 1. The topological polar surface area (TPSA) is 116 Å². The molecule has 6 aromatic rings. The second-order valence-electron chi connectivity index (χ2n) is 17.5. The minimum absolute atomic E-state index is 0.0325. The van der Waals surface area contributed by atoms with Crippen LogP contribution in [-0.4, -0.2) is 62.2 Å². The van der Waals surface area contributed by atoms with Gasteiger partial charge in [-0.25, -0.2) is 4.58 Å². The van der Waals surface area contributed by atoms with Crippen LogP contribution >= 0.6 is 15.9 Å². The number of nitrogens with zero attached hydrogens (tertiary/aromatic N) is 3. The fraction of sp³-hybridized carbons (Fsp3) is 0.308. The summed E-state index contributed by atoms with van der Waals surface area (Å²) in [5.74, 6) is 0.438. The quantitative estimate of drug-likeness (QED) is 0.181. The van der Waals surface area contributed by atoms with E-state index in [1.807, 2.05) is 37.3 Å². The second-order valence-corrected chi connectivity index (χ2v) is 18.4. The molecule has 1 N–H and O–H groups in total. The van der Waals surface area contributed by atoms with E-state index < -0.39 is 11.9 Å². The average Bonchev–Trinajstić information content (AvgIpc) is 3.58. The summed E-state index contributed by atoms with van der Waals surface area (Å²) in [6, 6.07) is 22.4. The number of aromatic carboxylic acids is 1. The molecule has 5 aliphatic rings. The molecule has 0 saturated carbocycles. The van der Waals surface area contributed by atoms with Gasteiger partial charge in [-0.3, -0.25) is 14.2 Å². The van der Waals surface area contributed by atoms with Gasteiger partial charge in [0.1, 0.15) is 30.3 Å². The highest BCUT2D eigenvalue weighted by Gasteiger charge is 2.36. The number of nitrogens with one attached hydrogen (secondary N) is 1. The molecule has 0 atom stereocenters. The zero-order valence-corrected chi connectivity index (χ0v) is 37.1. The zero-order valence-electron chi connectivity index (χ0n) is 35.5. The third-order valence-corrected chi connectivity index (χ3v) is 14.5. The number of aryl methyl sites for hydroxylation is 2. The smallest absolute Gasteiger partial charge is 0.262 e. The summed E-state index contributed by atoms with van der Waals surface area (Å²) >= 11 is 3.46. The molecule has 5 aliphatic heterocycles. The van der Waals surface area contributed by atoms with Gasteiger partial charge < -0.3 is 29.6 Å². The van der Waals surface area contributed by atoms with Crippen molar-refractivity contribution < 1.29 is 29.0 Å². The number of hydrogen-bond donors (Lipinski definition) is 1. The standard InChI is InChI=1S/C52H47BrN4O6/c1-29-36(40-28-35(62-2)16-18-44(40)57(29)51(59)30-11-14-34(53)15-12-30)19-20-54-50(58)33-13-17-37(41(27-33)52(60)61)45-42-25-31-7-3-21-55-23-5-9-38(46(31)55)48(42)63-49-39-10-6-24-56-22-4-8-32(47(39)56)26-43(45)49/h11-18,25-28H,3-10,19-24H2,1-2H3,(H-,54,58,60,61). The first kappa shape index (κ1) is 39.6. The van der Waals surface area contributed by atoms with Gasteiger partial charge in [-0.05, 0) is 135 Å². The van der Waals surface area contributed by atoms with Crippen LogP contribution in [0.3, 0.4) is 0 Å². The zero-order chi connectivity index (χ0) is 43.1. The molecule has 11 rings (SSSR count). The number of rotatable bonds is 8. The molecular formula is C52H47BrN4O6. The molecule has 0 fully saturated rings. The van der Waals surface area contributed by atoms with Gasteiger partial charge >= 0.3 is 0 Å². The Morgan fingerprint density at radius 2 is 1.57 bits per heavy atom. The number of halogens is 1. The van der Waals surface area contributed by atoms with Gasteiger partial charge in [0.2, 0.25) is 5.36 Å². The van der Waals surface area contributed by atoms with Crippen LogP contribution in [-0.2, 0) is 32.1 Å². The molecule has 1 amide bonds. The Hall–Kier alpha value is -6.20. The molecule has 0 bridgehead atoms. The highest BCUT2D eigenvalue weighted by Crippen LogP contribution is 2.49. The van der Waals surface area contributed by atoms with Crippen molar-refractivity contribution in [1.82, 2.24) is 14.5 Å². The third kappa shape index (κ3) is 6.49. The number of carbonyl (C=O) groups excluding carboxylic acids is 3. The fourth-order valence-electron chi connectivity index (χ4n) is 11.2. The largest absolute Gasteiger partial charge is 0.545 e. The lowest BCUT2D eigenvalue weighted by Crippen LogP contribution is -2.45. The van der Waals surface area contributed by atoms with E-state index in [9.17, 15) is 19.5 Å². The summed E-state index contributed by atoms with van der Waals surface area (Å²) in [6.07, 6.45) is 8.35. The summed E-state index contributed by atoms with van der Waals surface area (Å²) in [6.45, 7) is 6.28. The molecule has 5 aromatic carbocycles. The number of hydrogen-bond acceptors (Lipinski definition) is 7. The van der Waals surface area contributed by atoms with Gasteiger partial charge in [-0.1, -0.05) is 22.0 Å². The van der Waals surface area contributed by atoms with Crippen molar-refractivity contribution >= 4 is 55.9 Å². The molecular weight excluding hydrogens is 856 g/mol. The van der Waals surface area contributed by atoms with Crippen molar-refractivity contribution in [2.24, 2.45) is 0 Å². The van der Waals surface area contributed by atoms with Crippen molar-refractivity contribution in [3.63, 3.8) is 0 Å². The summed E-state index contributed by atoms with van der Waals surface area (Å²) in [7, 11) is 1.61. The number of aromatic nitrogens is 1. The van der Waals surface area contributed by atoms with Crippen LogP contribution in [0.4, 0.5) is 5.69 Å². The second kappa shape index (κ2) is 15.6. The predicted octanol–water partition coefficient (Wildman–Crippen LogP) is 6.18.